The van der Waals surface area contributed by atoms with Gasteiger partial charge < -0.3 is 4.98 Å². The van der Waals surface area contributed by atoms with E-state index in [0.717, 1.165) is 16.8 Å². The van der Waals surface area contributed by atoms with E-state index in [1.54, 1.807) is 13.2 Å². The highest BCUT2D eigenvalue weighted by atomic mass is 35.5. The first kappa shape index (κ1) is 15.5. The average Bonchev–Trinajstić information content (AvgIpc) is 3.16. The Bertz CT molecular complexity index is 1160. The number of aromatic nitrogens is 5. The number of aromatic amines is 1. The summed E-state index contributed by atoms with van der Waals surface area (Å²) in [6.07, 6.45) is 4.41. The molecule has 0 aliphatic rings. The van der Waals surface area contributed by atoms with E-state index in [1.165, 1.54) is 23.1 Å². The third kappa shape index (κ3) is 2.33. The fourth-order valence-electron chi connectivity index (χ4n) is 2.72. The van der Waals surface area contributed by atoms with Crippen molar-refractivity contribution >= 4 is 22.5 Å². The molecule has 9 heteroatoms. The maximum atomic E-state index is 14.3. The smallest absolute Gasteiger partial charge is 0.259 e. The minimum Gasteiger partial charge on any atom is -0.327 e. The van der Waals surface area contributed by atoms with Gasteiger partial charge in [0.1, 0.15) is 16.9 Å². The molecule has 0 aliphatic heterocycles. The second-order valence-electron chi connectivity index (χ2n) is 5.42. The van der Waals surface area contributed by atoms with Gasteiger partial charge in [-0.2, -0.15) is 10.2 Å². The van der Waals surface area contributed by atoms with Crippen molar-refractivity contribution in [2.24, 2.45) is 7.05 Å². The molecule has 0 aliphatic carbocycles. The number of nitrogens with zero attached hydrogens (tertiary/aromatic N) is 4. The van der Waals surface area contributed by atoms with E-state index in [1.807, 2.05) is 0 Å². The first-order valence-electron chi connectivity index (χ1n) is 7.20. The van der Waals surface area contributed by atoms with Crippen molar-refractivity contribution in [1.29, 1.82) is 0 Å². The summed E-state index contributed by atoms with van der Waals surface area (Å²) in [5.41, 5.74) is -0.00470. The standard InChI is InChI=1S/C16H10ClF2N5O/c1-23-7-8(5-21-23)13-12-14(9(17)6-20-16(12)25)24(22-13)15-10(18)3-2-4-11(15)19/h2-7H,1H3,(H,20,25). The van der Waals surface area contributed by atoms with Crippen molar-refractivity contribution in [3.05, 3.63) is 63.8 Å². The van der Waals surface area contributed by atoms with E-state index in [9.17, 15) is 13.6 Å². The molecule has 0 spiro atoms. The van der Waals surface area contributed by atoms with Crippen molar-refractivity contribution in [3.8, 4) is 16.9 Å². The number of aryl methyl sites for hydroxylation is 1. The van der Waals surface area contributed by atoms with Gasteiger partial charge in [0, 0.05) is 25.0 Å². The quantitative estimate of drug-likeness (QED) is 0.596. The van der Waals surface area contributed by atoms with Gasteiger partial charge in [0.2, 0.25) is 0 Å². The summed E-state index contributed by atoms with van der Waals surface area (Å²) in [5, 5.41) is 8.55. The minimum absolute atomic E-state index is 0.111. The first-order valence-corrected chi connectivity index (χ1v) is 7.58. The Labute approximate surface area is 144 Å². The van der Waals surface area contributed by atoms with Crippen LogP contribution in [0.1, 0.15) is 0 Å². The monoisotopic (exact) mass is 361 g/mol. The minimum atomic E-state index is -0.821. The number of fused-ring (bicyclic) bond motifs is 1. The number of para-hydroxylation sites is 1. The summed E-state index contributed by atoms with van der Waals surface area (Å²) < 4.78 is 31.1. The molecule has 4 aromatic rings. The highest BCUT2D eigenvalue weighted by Crippen LogP contribution is 2.32. The second-order valence-corrected chi connectivity index (χ2v) is 5.83. The van der Waals surface area contributed by atoms with Gasteiger partial charge in [0.15, 0.2) is 11.6 Å². The van der Waals surface area contributed by atoms with Crippen LogP contribution >= 0.6 is 11.6 Å². The molecule has 0 radical (unpaired) electrons. The van der Waals surface area contributed by atoms with Gasteiger partial charge in [-0.05, 0) is 12.1 Å². The molecular weight excluding hydrogens is 352 g/mol. The van der Waals surface area contributed by atoms with E-state index in [-0.39, 0.29) is 21.6 Å². The summed E-state index contributed by atoms with van der Waals surface area (Å²) in [7, 11) is 1.70. The van der Waals surface area contributed by atoms with Crippen LogP contribution in [-0.4, -0.2) is 24.5 Å². The number of benzene rings is 1. The molecule has 0 unspecified atom stereocenters. The number of hydrogen-bond donors (Lipinski definition) is 1. The highest BCUT2D eigenvalue weighted by molar-refractivity contribution is 6.35. The Balaban J connectivity index is 2.17. The topological polar surface area (TPSA) is 68.5 Å². The van der Waals surface area contributed by atoms with Gasteiger partial charge in [-0.15, -0.1) is 0 Å². The first-order chi connectivity index (χ1) is 12.0. The molecule has 0 amide bonds. The van der Waals surface area contributed by atoms with Crippen molar-refractivity contribution in [2.45, 2.75) is 0 Å². The lowest BCUT2D eigenvalue weighted by Gasteiger charge is -2.06. The van der Waals surface area contributed by atoms with E-state index < -0.39 is 22.9 Å². The molecule has 0 saturated heterocycles. The Morgan fingerprint density at radius 1 is 1.24 bits per heavy atom. The van der Waals surface area contributed by atoms with Crippen molar-refractivity contribution < 1.29 is 8.78 Å². The molecular formula is C16H10ClF2N5O. The summed E-state index contributed by atoms with van der Waals surface area (Å²) in [6.45, 7) is 0. The summed E-state index contributed by atoms with van der Waals surface area (Å²) >= 11 is 6.20. The Kier molecular flexibility index (Phi) is 3.43. The summed E-state index contributed by atoms with van der Waals surface area (Å²) in [6, 6.07) is 3.46. The fourth-order valence-corrected chi connectivity index (χ4v) is 2.95. The lowest BCUT2D eigenvalue weighted by Crippen LogP contribution is -2.07. The Morgan fingerprint density at radius 3 is 2.60 bits per heavy atom. The molecule has 0 fully saturated rings. The molecule has 3 heterocycles. The molecule has 0 saturated carbocycles. The summed E-state index contributed by atoms with van der Waals surface area (Å²) in [5.74, 6) is -1.64. The van der Waals surface area contributed by atoms with Gasteiger partial charge in [0.25, 0.3) is 5.56 Å². The van der Waals surface area contributed by atoms with Crippen LogP contribution in [0.4, 0.5) is 8.78 Å². The van der Waals surface area contributed by atoms with E-state index >= 15 is 0 Å². The fraction of sp³-hybridized carbons (Fsp3) is 0.0625. The number of nitrogens with one attached hydrogen (secondary N) is 1. The zero-order valence-electron chi connectivity index (χ0n) is 12.8. The Morgan fingerprint density at radius 2 is 1.96 bits per heavy atom. The van der Waals surface area contributed by atoms with Gasteiger partial charge in [-0.25, -0.2) is 13.5 Å². The van der Waals surface area contributed by atoms with Crippen LogP contribution in [0.2, 0.25) is 5.02 Å². The SMILES string of the molecule is Cn1cc(-c2nn(-c3c(F)cccc3F)c3c(Cl)c[nH]c(=O)c23)cn1. The van der Waals surface area contributed by atoms with Crippen molar-refractivity contribution in [1.82, 2.24) is 24.5 Å². The average molecular weight is 362 g/mol. The molecule has 6 nitrogen and oxygen atoms in total. The van der Waals surface area contributed by atoms with Gasteiger partial charge in [-0.1, -0.05) is 17.7 Å². The molecule has 126 valence electrons. The maximum Gasteiger partial charge on any atom is 0.259 e. The molecule has 3 aromatic heterocycles. The highest BCUT2D eigenvalue weighted by Gasteiger charge is 2.23. The third-order valence-electron chi connectivity index (χ3n) is 3.80. The lowest BCUT2D eigenvalue weighted by atomic mass is 10.2. The number of rotatable bonds is 2. The zero-order chi connectivity index (χ0) is 17.7. The largest absolute Gasteiger partial charge is 0.327 e. The van der Waals surface area contributed by atoms with Crippen LogP contribution in [-0.2, 0) is 7.05 Å². The van der Waals surface area contributed by atoms with Crippen molar-refractivity contribution in [2.75, 3.05) is 0 Å². The van der Waals surface area contributed by atoms with E-state index in [0.29, 0.717) is 5.56 Å². The van der Waals surface area contributed by atoms with Crippen LogP contribution in [0.3, 0.4) is 0 Å². The molecule has 1 aromatic carbocycles. The molecule has 1 N–H and O–H groups in total. The van der Waals surface area contributed by atoms with Gasteiger partial charge in [0.05, 0.1) is 16.6 Å². The van der Waals surface area contributed by atoms with E-state index in [2.05, 4.69) is 15.2 Å². The van der Waals surface area contributed by atoms with E-state index in [4.69, 9.17) is 11.6 Å². The molecule has 4 rings (SSSR count). The second kappa shape index (κ2) is 5.52. The van der Waals surface area contributed by atoms with Gasteiger partial charge in [-0.3, -0.25) is 9.48 Å². The third-order valence-corrected chi connectivity index (χ3v) is 4.08. The predicted octanol–water partition coefficient (Wildman–Crippen LogP) is 3.05. The molecule has 0 bridgehead atoms. The normalized spacial score (nSPS) is 11.4. The van der Waals surface area contributed by atoms with Gasteiger partial charge >= 0.3 is 0 Å². The molecule has 0 atom stereocenters. The van der Waals surface area contributed by atoms with Crippen LogP contribution in [0, 0.1) is 11.6 Å². The predicted molar refractivity (Wildman–Crippen MR) is 88.8 cm³/mol. The van der Waals surface area contributed by atoms with Crippen molar-refractivity contribution in [3.63, 3.8) is 0 Å². The number of hydrogen-bond acceptors (Lipinski definition) is 3. The van der Waals surface area contributed by atoms with Crippen LogP contribution < -0.4 is 5.56 Å². The van der Waals surface area contributed by atoms with Crippen LogP contribution in [0.5, 0.6) is 0 Å². The maximum absolute atomic E-state index is 14.3. The van der Waals surface area contributed by atoms with Crippen LogP contribution in [0.25, 0.3) is 27.8 Å². The summed E-state index contributed by atoms with van der Waals surface area (Å²) in [4.78, 5) is 14.9. The number of halogens is 3. The molecule has 25 heavy (non-hydrogen) atoms. The van der Waals surface area contributed by atoms with Crippen LogP contribution in [0.15, 0.2) is 41.6 Å². The Hall–Kier alpha value is -3.00. The number of pyridine rings is 1. The lowest BCUT2D eigenvalue weighted by molar-refractivity contribution is 0.563. The number of H-pyrrole nitrogens is 1. The zero-order valence-corrected chi connectivity index (χ0v) is 13.6.